The van der Waals surface area contributed by atoms with Crippen LogP contribution < -0.4 is 5.73 Å². The molecular weight excluding hydrogens is 272 g/mol. The molecule has 0 bridgehead atoms. The average molecular weight is 288 g/mol. The Balaban J connectivity index is 1.89. The van der Waals surface area contributed by atoms with E-state index in [4.69, 9.17) is 5.73 Å². The van der Waals surface area contributed by atoms with E-state index in [1.54, 1.807) is 23.1 Å². The monoisotopic (exact) mass is 288 g/mol. The molecule has 0 radical (unpaired) electrons. The standard InChI is InChI=1S/C15H16N2S2/c1-10(16)15(12-6-7-18-9-12)19-14-8-11-4-2-3-5-13(11)17-14/h2-10,15,17H,16H2,1H3. The third kappa shape index (κ3) is 2.71. The molecule has 0 fully saturated rings. The van der Waals surface area contributed by atoms with E-state index in [1.807, 2.05) is 0 Å². The summed E-state index contributed by atoms with van der Waals surface area (Å²) in [6.45, 7) is 2.07. The number of para-hydroxylation sites is 1. The molecule has 3 N–H and O–H groups in total. The van der Waals surface area contributed by atoms with E-state index in [1.165, 1.54) is 21.5 Å². The largest absolute Gasteiger partial charge is 0.350 e. The molecule has 4 heteroatoms. The molecule has 0 amide bonds. The van der Waals surface area contributed by atoms with Gasteiger partial charge in [-0.1, -0.05) is 30.0 Å². The predicted octanol–water partition coefficient (Wildman–Crippen LogP) is 4.41. The van der Waals surface area contributed by atoms with Gasteiger partial charge in [-0.2, -0.15) is 11.3 Å². The summed E-state index contributed by atoms with van der Waals surface area (Å²) >= 11 is 3.53. The molecule has 19 heavy (non-hydrogen) atoms. The fraction of sp³-hybridized carbons (Fsp3) is 0.200. The van der Waals surface area contributed by atoms with E-state index in [-0.39, 0.29) is 6.04 Å². The van der Waals surface area contributed by atoms with Crippen LogP contribution in [0.15, 0.2) is 52.2 Å². The lowest BCUT2D eigenvalue weighted by molar-refractivity contribution is 0.722. The van der Waals surface area contributed by atoms with Crippen LogP contribution in [-0.2, 0) is 0 Å². The maximum Gasteiger partial charge on any atom is 0.0739 e. The number of aromatic amines is 1. The summed E-state index contributed by atoms with van der Waals surface area (Å²) < 4.78 is 0. The molecule has 0 saturated heterocycles. The summed E-state index contributed by atoms with van der Waals surface area (Å²) in [6.07, 6.45) is 0. The van der Waals surface area contributed by atoms with Crippen LogP contribution in [0, 0.1) is 0 Å². The Bertz CT molecular complexity index is 623. The van der Waals surface area contributed by atoms with Crippen molar-refractivity contribution in [1.29, 1.82) is 0 Å². The minimum absolute atomic E-state index is 0.117. The maximum absolute atomic E-state index is 6.14. The van der Waals surface area contributed by atoms with Crippen LogP contribution in [0.3, 0.4) is 0 Å². The number of thiophene rings is 1. The van der Waals surface area contributed by atoms with Crippen LogP contribution in [0.5, 0.6) is 0 Å². The molecule has 2 aromatic heterocycles. The van der Waals surface area contributed by atoms with E-state index in [0.717, 1.165) is 0 Å². The number of thioether (sulfide) groups is 1. The van der Waals surface area contributed by atoms with Gasteiger partial charge in [0.1, 0.15) is 0 Å². The van der Waals surface area contributed by atoms with E-state index >= 15 is 0 Å². The SMILES string of the molecule is CC(N)C(Sc1cc2ccccc2[nH]1)c1ccsc1. The summed E-state index contributed by atoms with van der Waals surface area (Å²) in [6, 6.07) is 12.8. The summed E-state index contributed by atoms with van der Waals surface area (Å²) in [5, 5.41) is 7.01. The lowest BCUT2D eigenvalue weighted by Gasteiger charge is -2.18. The first-order chi connectivity index (χ1) is 9.24. The number of nitrogens with two attached hydrogens (primary N) is 1. The van der Waals surface area contributed by atoms with Crippen LogP contribution >= 0.6 is 23.1 Å². The second-order valence-electron chi connectivity index (χ2n) is 4.68. The molecule has 3 aromatic rings. The van der Waals surface area contributed by atoms with Crippen molar-refractivity contribution in [3.8, 4) is 0 Å². The molecule has 0 spiro atoms. The molecule has 0 saturated carbocycles. The Morgan fingerprint density at radius 2 is 2.11 bits per heavy atom. The molecule has 3 rings (SSSR count). The normalized spacial score (nSPS) is 14.6. The van der Waals surface area contributed by atoms with Crippen molar-refractivity contribution in [3.63, 3.8) is 0 Å². The van der Waals surface area contributed by atoms with Crippen molar-refractivity contribution in [2.75, 3.05) is 0 Å². The number of rotatable bonds is 4. The lowest BCUT2D eigenvalue weighted by atomic mass is 10.1. The molecule has 2 heterocycles. The van der Waals surface area contributed by atoms with E-state index in [0.29, 0.717) is 5.25 Å². The molecule has 2 unspecified atom stereocenters. The Labute approximate surface area is 121 Å². The van der Waals surface area contributed by atoms with Crippen LogP contribution in [0.25, 0.3) is 10.9 Å². The van der Waals surface area contributed by atoms with Gasteiger partial charge in [-0.25, -0.2) is 0 Å². The number of benzene rings is 1. The zero-order valence-corrected chi connectivity index (χ0v) is 12.3. The van der Waals surface area contributed by atoms with Crippen molar-refractivity contribution in [1.82, 2.24) is 4.98 Å². The highest BCUT2D eigenvalue weighted by Gasteiger charge is 2.19. The predicted molar refractivity (Wildman–Crippen MR) is 84.9 cm³/mol. The van der Waals surface area contributed by atoms with Gasteiger partial charge in [-0.15, -0.1) is 0 Å². The van der Waals surface area contributed by atoms with Gasteiger partial charge >= 0.3 is 0 Å². The lowest BCUT2D eigenvalue weighted by Crippen LogP contribution is -2.22. The first kappa shape index (κ1) is 12.8. The van der Waals surface area contributed by atoms with E-state index in [2.05, 4.69) is 59.1 Å². The molecular formula is C15H16N2S2. The van der Waals surface area contributed by atoms with Crippen LogP contribution in [0.2, 0.25) is 0 Å². The number of fused-ring (bicyclic) bond motifs is 1. The Hall–Kier alpha value is -1.23. The van der Waals surface area contributed by atoms with Gasteiger partial charge in [0.2, 0.25) is 0 Å². The van der Waals surface area contributed by atoms with Gasteiger partial charge in [0.25, 0.3) is 0 Å². The van der Waals surface area contributed by atoms with Crippen molar-refractivity contribution >= 4 is 34.0 Å². The molecule has 1 aromatic carbocycles. The summed E-state index contributed by atoms with van der Waals surface area (Å²) in [7, 11) is 0. The number of hydrogen-bond acceptors (Lipinski definition) is 3. The topological polar surface area (TPSA) is 41.8 Å². The highest BCUT2D eigenvalue weighted by atomic mass is 32.2. The van der Waals surface area contributed by atoms with E-state index < -0.39 is 0 Å². The van der Waals surface area contributed by atoms with Crippen molar-refractivity contribution in [2.24, 2.45) is 5.73 Å². The third-order valence-corrected chi connectivity index (χ3v) is 5.24. The summed E-state index contributed by atoms with van der Waals surface area (Å²) in [4.78, 5) is 3.45. The number of aromatic nitrogens is 1. The summed E-state index contributed by atoms with van der Waals surface area (Å²) in [5.41, 5.74) is 8.63. The summed E-state index contributed by atoms with van der Waals surface area (Å²) in [5.74, 6) is 0. The van der Waals surface area contributed by atoms with E-state index in [9.17, 15) is 0 Å². The average Bonchev–Trinajstić information content (AvgIpc) is 3.04. The molecule has 0 aliphatic heterocycles. The van der Waals surface area contributed by atoms with Gasteiger partial charge in [0.15, 0.2) is 0 Å². The maximum atomic E-state index is 6.14. The first-order valence-electron chi connectivity index (χ1n) is 6.26. The zero-order chi connectivity index (χ0) is 13.2. The molecule has 0 aliphatic rings. The van der Waals surface area contributed by atoms with Crippen molar-refractivity contribution in [3.05, 3.63) is 52.7 Å². The Kier molecular flexibility index (Phi) is 3.64. The smallest absolute Gasteiger partial charge is 0.0739 e. The highest BCUT2D eigenvalue weighted by Crippen LogP contribution is 2.38. The Morgan fingerprint density at radius 1 is 1.26 bits per heavy atom. The van der Waals surface area contributed by atoms with Gasteiger partial charge in [0, 0.05) is 16.9 Å². The first-order valence-corrected chi connectivity index (χ1v) is 8.08. The van der Waals surface area contributed by atoms with Crippen LogP contribution in [0.4, 0.5) is 0 Å². The molecule has 2 atom stereocenters. The zero-order valence-electron chi connectivity index (χ0n) is 10.7. The Morgan fingerprint density at radius 3 is 2.79 bits per heavy atom. The van der Waals surface area contributed by atoms with Crippen molar-refractivity contribution in [2.45, 2.75) is 23.2 Å². The number of H-pyrrole nitrogens is 1. The van der Waals surface area contributed by atoms with Crippen molar-refractivity contribution < 1.29 is 0 Å². The third-order valence-electron chi connectivity index (χ3n) is 3.11. The van der Waals surface area contributed by atoms with Crippen LogP contribution in [0.1, 0.15) is 17.7 Å². The van der Waals surface area contributed by atoms with Gasteiger partial charge in [0.05, 0.1) is 10.3 Å². The van der Waals surface area contributed by atoms with Gasteiger partial charge < -0.3 is 10.7 Å². The minimum Gasteiger partial charge on any atom is -0.350 e. The number of nitrogens with one attached hydrogen (secondary N) is 1. The molecule has 2 nitrogen and oxygen atoms in total. The highest BCUT2D eigenvalue weighted by molar-refractivity contribution is 7.99. The second kappa shape index (κ2) is 5.41. The van der Waals surface area contributed by atoms with Gasteiger partial charge in [-0.05, 0) is 41.4 Å². The fourth-order valence-corrected chi connectivity index (χ4v) is 4.08. The fourth-order valence-electron chi connectivity index (χ4n) is 2.16. The second-order valence-corrected chi connectivity index (χ2v) is 6.64. The number of hydrogen-bond donors (Lipinski definition) is 2. The molecule has 0 aliphatic carbocycles. The minimum atomic E-state index is 0.117. The molecule has 98 valence electrons. The van der Waals surface area contributed by atoms with Gasteiger partial charge in [-0.3, -0.25) is 0 Å². The van der Waals surface area contributed by atoms with Crippen LogP contribution in [-0.4, -0.2) is 11.0 Å². The quantitative estimate of drug-likeness (QED) is 0.698.